The van der Waals surface area contributed by atoms with E-state index >= 15 is 0 Å². The van der Waals surface area contributed by atoms with Gasteiger partial charge < -0.3 is 0 Å². The summed E-state index contributed by atoms with van der Waals surface area (Å²) < 4.78 is 6.08. The van der Waals surface area contributed by atoms with Crippen molar-refractivity contribution in [3.8, 4) is 0 Å². The van der Waals surface area contributed by atoms with E-state index < -0.39 is 32.3 Å². The summed E-state index contributed by atoms with van der Waals surface area (Å²) in [5.74, 6) is 0. The van der Waals surface area contributed by atoms with Crippen LogP contribution >= 0.6 is 0 Å². The van der Waals surface area contributed by atoms with Crippen LogP contribution in [0.25, 0.3) is 0 Å². The number of hydrogen-bond donors (Lipinski definition) is 0. The van der Waals surface area contributed by atoms with E-state index in [0.717, 1.165) is 0 Å². The second kappa shape index (κ2) is 18.2. The molecule has 0 spiro atoms. The summed E-state index contributed by atoms with van der Waals surface area (Å²) in [4.78, 5) is 0. The van der Waals surface area contributed by atoms with Crippen LogP contribution < -0.4 is 0 Å². The van der Waals surface area contributed by atoms with Gasteiger partial charge in [0.1, 0.15) is 0 Å². The average Bonchev–Trinajstić information content (AvgIpc) is 2.37. The molecule has 0 N–H and O–H groups in total. The van der Waals surface area contributed by atoms with Gasteiger partial charge in [-0.1, -0.05) is 0 Å². The standard InChI is InChI=1S/4C4H11Si.4Bi/c4*1-5(2,3)4;;;;/h4*1H2,2-4H3;;;;. The van der Waals surface area contributed by atoms with Gasteiger partial charge >= 0.3 is 225 Å². The predicted molar refractivity (Wildman–Crippen MR) is 136 cm³/mol. The van der Waals surface area contributed by atoms with Crippen LogP contribution in [-0.2, 0) is 0 Å². The molecule has 0 rings (SSSR count). The first-order chi connectivity index (χ1) is 10.2. The van der Waals surface area contributed by atoms with E-state index in [9.17, 15) is 0 Å². The van der Waals surface area contributed by atoms with Crippen LogP contribution in [0, 0.1) is 0 Å². The van der Waals surface area contributed by atoms with Gasteiger partial charge in [-0.3, -0.25) is 0 Å². The maximum atomic E-state index is 2.41. The zero-order valence-corrected chi connectivity index (χ0v) is 36.5. The Morgan fingerprint density at radius 3 is 0.375 bits per heavy atom. The Morgan fingerprint density at radius 1 is 0.333 bits per heavy atom. The monoisotopic (exact) mass is 1180 g/mol. The van der Waals surface area contributed by atoms with Gasteiger partial charge in [-0.15, -0.1) is 0 Å². The predicted octanol–water partition coefficient (Wildman–Crippen LogP) is 5.80. The van der Waals surface area contributed by atoms with Crippen LogP contribution in [0.5, 0.6) is 0 Å². The van der Waals surface area contributed by atoms with Gasteiger partial charge in [0.2, 0.25) is 0 Å². The van der Waals surface area contributed by atoms with Crippen molar-refractivity contribution >= 4 is 131 Å². The Kier molecular flexibility index (Phi) is 27.1. The molecule has 0 saturated heterocycles. The van der Waals surface area contributed by atoms with Gasteiger partial charge in [-0.05, 0) is 0 Å². The van der Waals surface area contributed by atoms with Crippen LogP contribution in [0.15, 0.2) is 0 Å². The van der Waals surface area contributed by atoms with Crippen LogP contribution in [-0.4, -0.2) is 131 Å². The Balaban J connectivity index is -0.000000111. The number of rotatable bonds is 4. The first-order valence-corrected chi connectivity index (χ1v) is 33.3. The molecule has 0 aliphatic carbocycles. The van der Waals surface area contributed by atoms with Gasteiger partial charge in [-0.2, -0.15) is 0 Å². The van der Waals surface area contributed by atoms with Gasteiger partial charge in [-0.25, -0.2) is 0 Å². The van der Waals surface area contributed by atoms with E-state index in [1.807, 2.05) is 0 Å². The van der Waals surface area contributed by atoms with Crippen LogP contribution in [0.4, 0.5) is 0 Å². The molecule has 24 heavy (non-hydrogen) atoms. The molecule has 0 nitrogen and oxygen atoms in total. The Hall–Kier alpha value is 4.40. The molecule has 8 radical (unpaired) electrons. The van der Waals surface area contributed by atoms with Crippen LogP contribution in [0.2, 0.25) is 93.6 Å². The molecule has 0 aliphatic rings. The summed E-state index contributed by atoms with van der Waals surface area (Å²) in [6.45, 7) is 28.9. The van der Waals surface area contributed by atoms with Crippen molar-refractivity contribution in [2.45, 2.75) is 93.6 Å². The molecule has 144 valence electrons. The minimum atomic E-state index is -0.582. The summed E-state index contributed by atoms with van der Waals surface area (Å²) in [6, 6.07) is 0. The third-order valence-electron chi connectivity index (χ3n) is 1.90. The molecule has 0 aromatic rings. The molecule has 0 aromatic carbocycles. The Morgan fingerprint density at radius 2 is 0.375 bits per heavy atom. The quantitative estimate of drug-likeness (QED) is 0.313. The van der Waals surface area contributed by atoms with Gasteiger partial charge in [0.05, 0.1) is 0 Å². The molecule has 0 amide bonds. The first-order valence-electron chi connectivity index (χ1n) is 8.68. The minimum absolute atomic E-state index is 0.582. The normalized spacial score (nSPS) is 12.0. The van der Waals surface area contributed by atoms with Crippen molar-refractivity contribution in [2.75, 3.05) is 0 Å². The SMILES string of the molecule is C[Si](C)(C)[CH2][Bi].C[Si](C)(C)[CH2][Bi].C[Si](C)(C)[CH2][Bi].C[Si](C)(C)[CH2][Bi]. The molecule has 8 heteroatoms. The molecular formula is C16H44Bi4Si4. The van der Waals surface area contributed by atoms with Gasteiger partial charge in [0, 0.05) is 0 Å². The Bertz CT molecular complexity index is 205. The third-order valence-corrected chi connectivity index (χ3v) is 49.9. The van der Waals surface area contributed by atoms with Crippen LogP contribution in [0.3, 0.4) is 0 Å². The second-order valence-electron chi connectivity index (χ2n) is 10.9. The summed E-state index contributed by atoms with van der Waals surface area (Å²) >= 11 is 6.33. The first kappa shape index (κ1) is 35.8. The fourth-order valence-corrected chi connectivity index (χ4v) is 0. The summed E-state index contributed by atoms with van der Waals surface area (Å²) in [6.07, 6.45) is 0. The molecular weight excluding hydrogens is 1140 g/mol. The summed E-state index contributed by atoms with van der Waals surface area (Å²) in [5.41, 5.74) is 0. The van der Waals surface area contributed by atoms with Crippen molar-refractivity contribution in [3.63, 3.8) is 0 Å². The average molecular weight is 1180 g/mol. The molecule has 0 heterocycles. The van der Waals surface area contributed by atoms with E-state index in [0.29, 0.717) is 0 Å². The molecule has 0 atom stereocenters. The fraction of sp³-hybridized carbons (Fsp3) is 1.00. The molecule has 0 saturated carbocycles. The van der Waals surface area contributed by atoms with Crippen LogP contribution in [0.1, 0.15) is 0 Å². The van der Waals surface area contributed by atoms with Crippen molar-refractivity contribution in [3.05, 3.63) is 0 Å². The molecule has 0 fully saturated rings. The zero-order chi connectivity index (χ0) is 20.8. The van der Waals surface area contributed by atoms with E-state index in [1.165, 1.54) is 15.0 Å². The molecule has 0 aliphatic heterocycles. The van der Waals surface area contributed by atoms with E-state index in [-0.39, 0.29) is 0 Å². The Labute approximate surface area is 221 Å². The van der Waals surface area contributed by atoms with Gasteiger partial charge in [0.15, 0.2) is 0 Å². The molecule has 0 aromatic heterocycles. The van der Waals surface area contributed by atoms with Crippen molar-refractivity contribution in [1.29, 1.82) is 0 Å². The van der Waals surface area contributed by atoms with E-state index in [1.54, 1.807) is 98.9 Å². The number of hydrogen-bond acceptors (Lipinski definition) is 0. The van der Waals surface area contributed by atoms with Crippen molar-refractivity contribution in [1.82, 2.24) is 0 Å². The molecule has 0 unspecified atom stereocenters. The fourth-order valence-electron chi connectivity index (χ4n) is 0. The van der Waals surface area contributed by atoms with E-state index in [2.05, 4.69) is 78.6 Å². The topological polar surface area (TPSA) is 0 Å². The maximum absolute atomic E-state index is 2.41. The third kappa shape index (κ3) is 63.3. The van der Waals surface area contributed by atoms with Crippen molar-refractivity contribution in [2.24, 2.45) is 0 Å². The van der Waals surface area contributed by atoms with E-state index in [4.69, 9.17) is 0 Å². The molecule has 0 bridgehead atoms. The second-order valence-corrected chi connectivity index (χ2v) is 47.4. The summed E-state index contributed by atoms with van der Waals surface area (Å²) in [5, 5.41) is 0. The van der Waals surface area contributed by atoms with Crippen molar-refractivity contribution < 1.29 is 0 Å². The summed E-state index contributed by atoms with van der Waals surface area (Å²) in [7, 11) is -2.33. The van der Waals surface area contributed by atoms with Gasteiger partial charge in [0.25, 0.3) is 0 Å². The zero-order valence-electron chi connectivity index (χ0n) is 18.6.